The molecule has 88 valence electrons. The molecule has 0 spiro atoms. The van der Waals surface area contributed by atoms with Gasteiger partial charge in [-0.2, -0.15) is 11.8 Å². The Morgan fingerprint density at radius 3 is 2.73 bits per heavy atom. The van der Waals surface area contributed by atoms with Gasteiger partial charge in [0.25, 0.3) is 0 Å². The second-order valence-corrected chi connectivity index (χ2v) is 6.43. The van der Waals surface area contributed by atoms with E-state index >= 15 is 0 Å². The quantitative estimate of drug-likeness (QED) is 0.677. The molecular formula is C8H16N2O3S2. The van der Waals surface area contributed by atoms with Gasteiger partial charge in [0, 0.05) is 19.5 Å². The van der Waals surface area contributed by atoms with E-state index in [4.69, 9.17) is 5.14 Å². The number of thioether (sulfide) groups is 1. The average molecular weight is 252 g/mol. The van der Waals surface area contributed by atoms with E-state index in [1.807, 2.05) is 6.26 Å². The minimum atomic E-state index is -3.57. The number of hydrogen-bond donors (Lipinski definition) is 1. The van der Waals surface area contributed by atoms with E-state index in [1.165, 1.54) is 0 Å². The Labute approximate surface area is 94.4 Å². The maximum Gasteiger partial charge on any atom is 0.224 e. The van der Waals surface area contributed by atoms with E-state index in [2.05, 4.69) is 0 Å². The highest BCUT2D eigenvalue weighted by molar-refractivity contribution is 7.98. The molecule has 7 heteroatoms. The molecule has 0 bridgehead atoms. The van der Waals surface area contributed by atoms with Gasteiger partial charge in [0.2, 0.25) is 15.9 Å². The maximum atomic E-state index is 11.4. The van der Waals surface area contributed by atoms with Crippen LogP contribution in [0, 0.1) is 0 Å². The molecule has 0 aromatic carbocycles. The van der Waals surface area contributed by atoms with Crippen LogP contribution in [0.4, 0.5) is 0 Å². The molecule has 0 aromatic heterocycles. The third-order valence-electron chi connectivity index (χ3n) is 2.42. The molecule has 1 saturated heterocycles. The van der Waals surface area contributed by atoms with Gasteiger partial charge < -0.3 is 4.90 Å². The van der Waals surface area contributed by atoms with Gasteiger partial charge in [-0.15, -0.1) is 0 Å². The lowest BCUT2D eigenvalue weighted by Gasteiger charge is -2.15. The number of sulfonamides is 1. The Kier molecular flexibility index (Phi) is 4.42. The van der Waals surface area contributed by atoms with Crippen molar-refractivity contribution >= 4 is 27.7 Å². The Morgan fingerprint density at radius 1 is 1.60 bits per heavy atom. The van der Waals surface area contributed by atoms with Gasteiger partial charge in [-0.25, -0.2) is 13.6 Å². The fourth-order valence-electron chi connectivity index (χ4n) is 1.57. The number of rotatable bonds is 5. The molecule has 0 aromatic rings. The van der Waals surface area contributed by atoms with E-state index in [9.17, 15) is 13.2 Å². The van der Waals surface area contributed by atoms with Gasteiger partial charge >= 0.3 is 0 Å². The highest BCUT2D eigenvalue weighted by atomic mass is 32.2. The van der Waals surface area contributed by atoms with E-state index < -0.39 is 15.3 Å². The Hall–Kier alpha value is -0.270. The van der Waals surface area contributed by atoms with Gasteiger partial charge in [0.1, 0.15) is 5.25 Å². The molecule has 1 rings (SSSR count). The van der Waals surface area contributed by atoms with Crippen LogP contribution in [0.3, 0.4) is 0 Å². The first-order valence-electron chi connectivity index (χ1n) is 4.73. The summed E-state index contributed by atoms with van der Waals surface area (Å²) in [5.74, 6) is 0.874. The summed E-state index contributed by atoms with van der Waals surface area (Å²) in [5.41, 5.74) is 0. The zero-order chi connectivity index (χ0) is 11.5. The van der Waals surface area contributed by atoms with Crippen molar-refractivity contribution in [1.82, 2.24) is 4.90 Å². The largest absolute Gasteiger partial charge is 0.341 e. The van der Waals surface area contributed by atoms with Gasteiger partial charge in [0.05, 0.1) is 0 Å². The summed E-state index contributed by atoms with van der Waals surface area (Å²) >= 11 is 1.71. The van der Waals surface area contributed by atoms with Crippen LogP contribution in [-0.4, -0.2) is 49.6 Å². The van der Waals surface area contributed by atoms with E-state index in [-0.39, 0.29) is 18.9 Å². The standard InChI is InChI=1S/C8H16N2O3S2/c1-14-4-2-3-10-6-7(5-8(10)11)15(9,12)13/h7H,2-6H2,1H3,(H2,9,12,13). The first kappa shape index (κ1) is 12.8. The molecule has 5 nitrogen and oxygen atoms in total. The van der Waals surface area contributed by atoms with Crippen molar-refractivity contribution in [2.75, 3.05) is 25.1 Å². The summed E-state index contributed by atoms with van der Waals surface area (Å²) in [7, 11) is -3.57. The molecule has 1 amide bonds. The highest BCUT2D eigenvalue weighted by Crippen LogP contribution is 2.16. The van der Waals surface area contributed by atoms with Gasteiger partial charge in [-0.3, -0.25) is 4.79 Å². The van der Waals surface area contributed by atoms with Crippen molar-refractivity contribution in [2.24, 2.45) is 5.14 Å². The molecule has 1 aliphatic heterocycles. The third kappa shape index (κ3) is 3.66. The van der Waals surface area contributed by atoms with Crippen LogP contribution in [0.1, 0.15) is 12.8 Å². The monoisotopic (exact) mass is 252 g/mol. The van der Waals surface area contributed by atoms with Crippen molar-refractivity contribution in [3.8, 4) is 0 Å². The van der Waals surface area contributed by atoms with Crippen LogP contribution >= 0.6 is 11.8 Å². The molecule has 1 heterocycles. The van der Waals surface area contributed by atoms with Crippen LogP contribution in [0.2, 0.25) is 0 Å². The Bertz CT molecular complexity index is 329. The molecule has 2 N–H and O–H groups in total. The Morgan fingerprint density at radius 2 is 2.27 bits per heavy atom. The second kappa shape index (κ2) is 5.18. The highest BCUT2D eigenvalue weighted by Gasteiger charge is 2.35. The molecule has 1 atom stereocenters. The lowest BCUT2D eigenvalue weighted by molar-refractivity contribution is -0.127. The number of nitrogens with zero attached hydrogens (tertiary/aromatic N) is 1. The van der Waals surface area contributed by atoms with Crippen molar-refractivity contribution in [2.45, 2.75) is 18.1 Å². The van der Waals surface area contributed by atoms with Crippen LogP contribution < -0.4 is 5.14 Å². The van der Waals surface area contributed by atoms with Gasteiger partial charge in [-0.05, 0) is 18.4 Å². The molecular weight excluding hydrogens is 236 g/mol. The van der Waals surface area contributed by atoms with Gasteiger partial charge in [0.15, 0.2) is 0 Å². The second-order valence-electron chi connectivity index (χ2n) is 3.60. The van der Waals surface area contributed by atoms with E-state index in [0.29, 0.717) is 6.54 Å². The van der Waals surface area contributed by atoms with Gasteiger partial charge in [-0.1, -0.05) is 0 Å². The first-order chi connectivity index (χ1) is 6.95. The molecule has 0 aliphatic carbocycles. The van der Waals surface area contributed by atoms with Crippen LogP contribution in [0.5, 0.6) is 0 Å². The summed E-state index contributed by atoms with van der Waals surface area (Å²) in [6.07, 6.45) is 2.93. The summed E-state index contributed by atoms with van der Waals surface area (Å²) in [6.45, 7) is 0.887. The number of carbonyl (C=O) groups excluding carboxylic acids is 1. The summed E-state index contributed by atoms with van der Waals surface area (Å²) < 4.78 is 22.1. The molecule has 15 heavy (non-hydrogen) atoms. The minimum absolute atomic E-state index is 0.0398. The number of nitrogens with two attached hydrogens (primary N) is 1. The number of carbonyl (C=O) groups is 1. The summed E-state index contributed by atoms with van der Waals surface area (Å²) in [6, 6.07) is 0. The number of amides is 1. The van der Waals surface area contributed by atoms with E-state index in [0.717, 1.165) is 12.2 Å². The van der Waals surface area contributed by atoms with Crippen molar-refractivity contribution in [3.05, 3.63) is 0 Å². The lowest BCUT2D eigenvalue weighted by atomic mass is 10.4. The normalized spacial score (nSPS) is 22.4. The maximum absolute atomic E-state index is 11.4. The number of likely N-dealkylation sites (tertiary alicyclic amines) is 1. The Balaban J connectivity index is 2.46. The minimum Gasteiger partial charge on any atom is -0.341 e. The fourth-order valence-corrected chi connectivity index (χ4v) is 2.75. The lowest BCUT2D eigenvalue weighted by Crippen LogP contribution is -2.32. The topological polar surface area (TPSA) is 80.5 Å². The zero-order valence-corrected chi connectivity index (χ0v) is 10.3. The molecule has 0 radical (unpaired) electrons. The number of hydrogen-bond acceptors (Lipinski definition) is 4. The summed E-state index contributed by atoms with van der Waals surface area (Å²) in [4.78, 5) is 13.0. The van der Waals surface area contributed by atoms with Crippen LogP contribution in [0.25, 0.3) is 0 Å². The first-order valence-corrected chi connectivity index (χ1v) is 7.74. The molecule has 0 saturated carbocycles. The van der Waals surface area contributed by atoms with Crippen molar-refractivity contribution in [3.63, 3.8) is 0 Å². The molecule has 1 aliphatic rings. The smallest absolute Gasteiger partial charge is 0.224 e. The molecule has 1 fully saturated rings. The number of primary sulfonamides is 1. The predicted octanol–water partition coefficient (Wildman–Crippen LogP) is -0.371. The zero-order valence-electron chi connectivity index (χ0n) is 8.68. The third-order valence-corrected chi connectivity index (χ3v) is 4.36. The van der Waals surface area contributed by atoms with Crippen LogP contribution in [0.15, 0.2) is 0 Å². The summed E-state index contributed by atoms with van der Waals surface area (Å²) in [5, 5.41) is 4.30. The SMILES string of the molecule is CSCCCN1CC(S(N)(=O)=O)CC1=O. The van der Waals surface area contributed by atoms with Crippen molar-refractivity contribution < 1.29 is 13.2 Å². The van der Waals surface area contributed by atoms with E-state index in [1.54, 1.807) is 16.7 Å². The molecule has 1 unspecified atom stereocenters. The van der Waals surface area contributed by atoms with Crippen molar-refractivity contribution in [1.29, 1.82) is 0 Å². The average Bonchev–Trinajstić information content (AvgIpc) is 2.48. The predicted molar refractivity (Wildman–Crippen MR) is 61.1 cm³/mol. The fraction of sp³-hybridized carbons (Fsp3) is 0.875. The van der Waals surface area contributed by atoms with Crippen LogP contribution in [-0.2, 0) is 14.8 Å².